The first-order valence-electron chi connectivity index (χ1n) is 8.01. The Labute approximate surface area is 166 Å². The summed E-state index contributed by atoms with van der Waals surface area (Å²) in [5.41, 5.74) is 1.06. The van der Waals surface area contributed by atoms with E-state index in [9.17, 15) is 4.79 Å². The maximum absolute atomic E-state index is 12.8. The summed E-state index contributed by atoms with van der Waals surface area (Å²) >= 11 is 13.6. The average molecular weight is 409 g/mol. The lowest BCUT2D eigenvalue weighted by Gasteiger charge is -2.23. The fourth-order valence-corrected chi connectivity index (χ4v) is 3.68. The van der Waals surface area contributed by atoms with Crippen LogP contribution in [0.5, 0.6) is 5.75 Å². The number of nitrogens with zero attached hydrogens (tertiary/aromatic N) is 2. The fourth-order valence-electron chi connectivity index (χ4n) is 2.50. The molecule has 1 aromatic carbocycles. The van der Waals surface area contributed by atoms with E-state index in [2.05, 4.69) is 0 Å². The van der Waals surface area contributed by atoms with E-state index >= 15 is 0 Å². The Bertz CT molecular complexity index is 878. The molecule has 4 nitrogen and oxygen atoms in total. The molecule has 3 rings (SSSR count). The molecule has 0 saturated carbocycles. The van der Waals surface area contributed by atoms with Crippen LogP contribution in [0.3, 0.4) is 0 Å². The molecule has 0 aliphatic heterocycles. The molecule has 1 amide bonds. The van der Waals surface area contributed by atoms with Crippen LogP contribution >= 0.6 is 34.5 Å². The van der Waals surface area contributed by atoms with Crippen LogP contribution in [0.4, 0.5) is 0 Å². The normalized spacial score (nSPS) is 10.7. The van der Waals surface area contributed by atoms with Crippen LogP contribution in [0.15, 0.2) is 54.0 Å². The molecule has 26 heavy (non-hydrogen) atoms. The van der Waals surface area contributed by atoms with E-state index in [0.29, 0.717) is 28.9 Å². The quantitative estimate of drug-likeness (QED) is 0.550. The number of ether oxygens (including phenoxy) is 1. The number of rotatable bonds is 7. The van der Waals surface area contributed by atoms with Crippen LogP contribution in [-0.4, -0.2) is 22.0 Å². The number of benzene rings is 1. The molecule has 0 bridgehead atoms. The molecule has 2 aromatic heterocycles. The number of carbonyl (C=O) groups excluding carboxylic acids is 1. The van der Waals surface area contributed by atoms with E-state index in [-0.39, 0.29) is 12.5 Å². The monoisotopic (exact) mass is 408 g/mol. The van der Waals surface area contributed by atoms with Crippen molar-refractivity contribution >= 4 is 40.4 Å². The maximum atomic E-state index is 12.8. The van der Waals surface area contributed by atoms with Crippen molar-refractivity contribution in [3.8, 4) is 5.75 Å². The van der Waals surface area contributed by atoms with Crippen molar-refractivity contribution in [3.05, 3.63) is 74.7 Å². The van der Waals surface area contributed by atoms with Crippen LogP contribution in [0, 0.1) is 0 Å². The third-order valence-corrected chi connectivity index (χ3v) is 5.32. The third-order valence-electron chi connectivity index (χ3n) is 3.93. The number of hydrogen-bond acceptors (Lipinski definition) is 3. The first kappa shape index (κ1) is 18.8. The molecular weight excluding hydrogens is 391 g/mol. The van der Waals surface area contributed by atoms with Gasteiger partial charge in [0, 0.05) is 28.8 Å². The molecule has 2 heterocycles. The summed E-state index contributed by atoms with van der Waals surface area (Å²) < 4.78 is 7.62. The zero-order valence-corrected chi connectivity index (χ0v) is 16.5. The Morgan fingerprint density at radius 3 is 2.69 bits per heavy atom. The lowest BCUT2D eigenvalue weighted by atomic mass is 10.3. The summed E-state index contributed by atoms with van der Waals surface area (Å²) in [5.74, 6) is 0.338. The van der Waals surface area contributed by atoms with Gasteiger partial charge < -0.3 is 14.2 Å². The van der Waals surface area contributed by atoms with Gasteiger partial charge in [-0.1, -0.05) is 29.3 Å². The van der Waals surface area contributed by atoms with Crippen LogP contribution in [0.2, 0.25) is 10.0 Å². The van der Waals surface area contributed by atoms with Crippen molar-refractivity contribution in [3.63, 3.8) is 0 Å². The van der Waals surface area contributed by atoms with Crippen LogP contribution in [0.25, 0.3) is 0 Å². The van der Waals surface area contributed by atoms with Gasteiger partial charge in [0.2, 0.25) is 0 Å². The van der Waals surface area contributed by atoms with E-state index in [1.165, 1.54) is 0 Å². The number of halogens is 2. The Kier molecular flexibility index (Phi) is 6.25. The SMILES string of the molecule is Cn1cccc1CN(Cc1cccs1)C(=O)COc1ccc(Cl)cc1Cl. The number of hydrogen-bond donors (Lipinski definition) is 0. The second-order valence-corrected chi connectivity index (χ2v) is 7.68. The fraction of sp³-hybridized carbons (Fsp3) is 0.211. The van der Waals surface area contributed by atoms with Gasteiger partial charge in [-0.2, -0.15) is 0 Å². The van der Waals surface area contributed by atoms with E-state index in [1.807, 2.05) is 47.5 Å². The van der Waals surface area contributed by atoms with Crippen LogP contribution < -0.4 is 4.74 Å². The molecular formula is C19H18Cl2N2O2S. The van der Waals surface area contributed by atoms with E-state index < -0.39 is 0 Å². The molecule has 0 spiro atoms. The highest BCUT2D eigenvalue weighted by atomic mass is 35.5. The molecule has 0 aliphatic carbocycles. The highest BCUT2D eigenvalue weighted by Gasteiger charge is 2.17. The molecule has 0 radical (unpaired) electrons. The van der Waals surface area contributed by atoms with Crippen molar-refractivity contribution in [2.75, 3.05) is 6.61 Å². The lowest BCUT2D eigenvalue weighted by molar-refractivity contribution is -0.134. The number of aryl methyl sites for hydroxylation is 1. The van der Waals surface area contributed by atoms with Crippen molar-refractivity contribution in [2.24, 2.45) is 7.05 Å². The Morgan fingerprint density at radius 1 is 1.19 bits per heavy atom. The summed E-state index contributed by atoms with van der Waals surface area (Å²) in [6, 6.07) is 12.9. The first-order chi connectivity index (χ1) is 12.5. The molecule has 136 valence electrons. The van der Waals surface area contributed by atoms with Gasteiger partial charge in [-0.3, -0.25) is 4.79 Å². The van der Waals surface area contributed by atoms with Gasteiger partial charge >= 0.3 is 0 Å². The number of carbonyl (C=O) groups is 1. The summed E-state index contributed by atoms with van der Waals surface area (Å²) in [4.78, 5) is 15.7. The standard InChI is InChI=1S/C19H18Cl2N2O2S/c1-22-8-2-4-15(22)11-23(12-16-5-3-9-26-16)19(24)13-25-18-7-6-14(20)10-17(18)21/h2-10H,11-13H2,1H3. The Balaban J connectivity index is 1.70. The van der Waals surface area contributed by atoms with E-state index in [1.54, 1.807) is 34.4 Å². The van der Waals surface area contributed by atoms with Gasteiger partial charge in [0.15, 0.2) is 6.61 Å². The van der Waals surface area contributed by atoms with Gasteiger partial charge in [-0.25, -0.2) is 0 Å². The molecule has 3 aromatic rings. The first-order valence-corrected chi connectivity index (χ1v) is 9.64. The van der Waals surface area contributed by atoms with E-state index in [4.69, 9.17) is 27.9 Å². The summed E-state index contributed by atoms with van der Waals surface area (Å²) in [7, 11) is 1.97. The molecule has 0 saturated heterocycles. The largest absolute Gasteiger partial charge is 0.482 e. The van der Waals surface area contributed by atoms with Crippen molar-refractivity contribution in [1.29, 1.82) is 0 Å². The van der Waals surface area contributed by atoms with Gasteiger partial charge in [0.05, 0.1) is 18.1 Å². The third kappa shape index (κ3) is 4.81. The van der Waals surface area contributed by atoms with Gasteiger partial charge in [-0.05, 0) is 41.8 Å². The zero-order valence-electron chi connectivity index (χ0n) is 14.2. The topological polar surface area (TPSA) is 34.5 Å². The molecule has 0 fully saturated rings. The second-order valence-electron chi connectivity index (χ2n) is 5.80. The highest BCUT2D eigenvalue weighted by Crippen LogP contribution is 2.27. The summed E-state index contributed by atoms with van der Waals surface area (Å²) in [6.45, 7) is 0.967. The molecule has 0 N–H and O–H groups in total. The molecule has 0 unspecified atom stereocenters. The predicted molar refractivity (Wildman–Crippen MR) is 106 cm³/mol. The maximum Gasteiger partial charge on any atom is 0.261 e. The minimum atomic E-state index is -0.106. The van der Waals surface area contributed by atoms with E-state index in [0.717, 1.165) is 10.6 Å². The Morgan fingerprint density at radius 2 is 2.04 bits per heavy atom. The average Bonchev–Trinajstić information content (AvgIpc) is 3.25. The second kappa shape index (κ2) is 8.62. The predicted octanol–water partition coefficient (Wildman–Crippen LogP) is 5.00. The van der Waals surface area contributed by atoms with Crippen molar-refractivity contribution in [2.45, 2.75) is 13.1 Å². The van der Waals surface area contributed by atoms with Gasteiger partial charge in [-0.15, -0.1) is 11.3 Å². The van der Waals surface area contributed by atoms with Crippen molar-refractivity contribution in [1.82, 2.24) is 9.47 Å². The lowest BCUT2D eigenvalue weighted by Crippen LogP contribution is -2.34. The minimum Gasteiger partial charge on any atom is -0.482 e. The Hall–Kier alpha value is -1.95. The van der Waals surface area contributed by atoms with Gasteiger partial charge in [0.25, 0.3) is 5.91 Å². The molecule has 7 heteroatoms. The minimum absolute atomic E-state index is 0.0862. The number of aromatic nitrogens is 1. The van der Waals surface area contributed by atoms with Gasteiger partial charge in [0.1, 0.15) is 5.75 Å². The number of amides is 1. The summed E-state index contributed by atoms with van der Waals surface area (Å²) in [5, 5.41) is 2.92. The number of thiophene rings is 1. The smallest absolute Gasteiger partial charge is 0.261 e. The summed E-state index contributed by atoms with van der Waals surface area (Å²) in [6.07, 6.45) is 1.97. The molecule has 0 atom stereocenters. The van der Waals surface area contributed by atoms with Crippen LogP contribution in [-0.2, 0) is 24.9 Å². The van der Waals surface area contributed by atoms with Crippen LogP contribution in [0.1, 0.15) is 10.6 Å². The molecule has 0 aliphatic rings. The van der Waals surface area contributed by atoms with Crippen molar-refractivity contribution < 1.29 is 9.53 Å². The highest BCUT2D eigenvalue weighted by molar-refractivity contribution is 7.09. The zero-order chi connectivity index (χ0) is 18.5.